The zero-order valence-corrected chi connectivity index (χ0v) is 13.2. The Balaban J connectivity index is 4.14. The molecule has 0 amide bonds. The first-order valence-corrected chi connectivity index (χ1v) is 7.43. The van der Waals surface area contributed by atoms with Crippen molar-refractivity contribution in [2.24, 2.45) is 23.2 Å². The molecular formula is C17H34. The molecule has 0 fully saturated rings. The van der Waals surface area contributed by atoms with E-state index in [2.05, 4.69) is 60.6 Å². The zero-order chi connectivity index (χ0) is 13.5. The van der Waals surface area contributed by atoms with Gasteiger partial charge in [0.25, 0.3) is 0 Å². The van der Waals surface area contributed by atoms with Crippen LogP contribution in [0.4, 0.5) is 0 Å². The third kappa shape index (κ3) is 8.46. The Bertz CT molecular complexity index is 207. The first-order chi connectivity index (χ1) is 7.80. The van der Waals surface area contributed by atoms with E-state index in [1.54, 1.807) is 0 Å². The van der Waals surface area contributed by atoms with Crippen molar-refractivity contribution in [2.45, 2.75) is 74.1 Å². The Morgan fingerprint density at radius 1 is 1.06 bits per heavy atom. The maximum atomic E-state index is 2.44. The lowest BCUT2D eigenvalue weighted by Crippen LogP contribution is -2.19. The predicted octanol–water partition coefficient (Wildman–Crippen LogP) is 6.08. The lowest BCUT2D eigenvalue weighted by Gasteiger charge is -2.29. The van der Waals surface area contributed by atoms with Crippen molar-refractivity contribution in [2.75, 3.05) is 0 Å². The molecule has 0 heteroatoms. The maximum Gasteiger partial charge on any atom is -0.0262 e. The van der Waals surface area contributed by atoms with Crippen LogP contribution in [0.1, 0.15) is 74.1 Å². The van der Waals surface area contributed by atoms with E-state index in [1.165, 1.54) is 25.7 Å². The van der Waals surface area contributed by atoms with E-state index in [4.69, 9.17) is 0 Å². The van der Waals surface area contributed by atoms with E-state index >= 15 is 0 Å². The topological polar surface area (TPSA) is 0 Å². The molecule has 0 aliphatic heterocycles. The molecular weight excluding hydrogens is 204 g/mol. The highest BCUT2D eigenvalue weighted by atomic mass is 14.3. The van der Waals surface area contributed by atoms with E-state index in [-0.39, 0.29) is 0 Å². The largest absolute Gasteiger partial charge is 0.0914 e. The first-order valence-electron chi connectivity index (χ1n) is 7.43. The van der Waals surface area contributed by atoms with Crippen molar-refractivity contribution in [1.29, 1.82) is 0 Å². The summed E-state index contributed by atoms with van der Waals surface area (Å²) in [6.45, 7) is 16.3. The van der Waals surface area contributed by atoms with Crippen molar-refractivity contribution in [3.8, 4) is 0 Å². The van der Waals surface area contributed by atoms with E-state index < -0.39 is 0 Å². The van der Waals surface area contributed by atoms with Crippen LogP contribution in [0, 0.1) is 23.2 Å². The third-order valence-corrected chi connectivity index (χ3v) is 3.78. The Hall–Kier alpha value is -0.260. The van der Waals surface area contributed by atoms with Gasteiger partial charge in [0.1, 0.15) is 0 Å². The minimum Gasteiger partial charge on any atom is -0.0914 e. The summed E-state index contributed by atoms with van der Waals surface area (Å²) in [5, 5.41) is 0. The smallest absolute Gasteiger partial charge is 0.0262 e. The molecule has 0 saturated carbocycles. The molecule has 0 nitrogen and oxygen atoms in total. The first kappa shape index (κ1) is 16.7. The maximum absolute atomic E-state index is 2.44. The molecule has 0 aliphatic carbocycles. The summed E-state index contributed by atoms with van der Waals surface area (Å²) in [5.74, 6) is 2.51. The van der Waals surface area contributed by atoms with E-state index in [0.29, 0.717) is 5.41 Å². The molecule has 0 bridgehead atoms. The van der Waals surface area contributed by atoms with Gasteiger partial charge < -0.3 is 0 Å². The summed E-state index contributed by atoms with van der Waals surface area (Å²) < 4.78 is 0. The Morgan fingerprint density at radius 2 is 1.65 bits per heavy atom. The van der Waals surface area contributed by atoms with Crippen LogP contribution in [0.15, 0.2) is 12.2 Å². The van der Waals surface area contributed by atoms with Gasteiger partial charge in [-0.05, 0) is 49.4 Å². The lowest BCUT2D eigenvalue weighted by atomic mass is 9.76. The molecule has 0 radical (unpaired) electrons. The minimum atomic E-state index is 0.474. The molecule has 0 aromatic carbocycles. The summed E-state index contributed by atoms with van der Waals surface area (Å²) in [6, 6.07) is 0. The Labute approximate surface area is 110 Å². The molecule has 17 heavy (non-hydrogen) atoms. The molecule has 3 atom stereocenters. The highest BCUT2D eigenvalue weighted by molar-refractivity contribution is 4.83. The molecule has 0 heterocycles. The average molecular weight is 238 g/mol. The molecule has 3 unspecified atom stereocenters. The van der Waals surface area contributed by atoms with Crippen LogP contribution in [-0.2, 0) is 0 Å². The quantitative estimate of drug-likeness (QED) is 0.472. The minimum absolute atomic E-state index is 0.474. The van der Waals surface area contributed by atoms with Crippen molar-refractivity contribution in [3.63, 3.8) is 0 Å². The fraction of sp³-hybridized carbons (Fsp3) is 0.882. The van der Waals surface area contributed by atoms with Crippen molar-refractivity contribution in [3.05, 3.63) is 12.2 Å². The second kappa shape index (κ2) is 7.95. The monoisotopic (exact) mass is 238 g/mol. The van der Waals surface area contributed by atoms with Crippen LogP contribution in [-0.4, -0.2) is 0 Å². The average Bonchev–Trinajstić information content (AvgIpc) is 2.16. The zero-order valence-electron chi connectivity index (χ0n) is 13.2. The molecule has 0 aromatic heterocycles. The van der Waals surface area contributed by atoms with Crippen LogP contribution < -0.4 is 0 Å². The van der Waals surface area contributed by atoms with Crippen LogP contribution in [0.3, 0.4) is 0 Å². The van der Waals surface area contributed by atoms with Crippen molar-refractivity contribution < 1.29 is 0 Å². The van der Waals surface area contributed by atoms with E-state index in [9.17, 15) is 0 Å². The number of rotatable bonds is 7. The normalized spacial score (nSPS) is 18.3. The Kier molecular flexibility index (Phi) is 7.83. The molecule has 102 valence electrons. The summed E-state index contributed by atoms with van der Waals surface area (Å²) in [5.41, 5.74) is 0.474. The van der Waals surface area contributed by atoms with Gasteiger partial charge in [-0.3, -0.25) is 0 Å². The number of hydrogen-bond donors (Lipinski definition) is 0. The predicted molar refractivity (Wildman–Crippen MR) is 80.2 cm³/mol. The van der Waals surface area contributed by atoms with Crippen molar-refractivity contribution >= 4 is 0 Å². The molecule has 0 rings (SSSR count). The van der Waals surface area contributed by atoms with Gasteiger partial charge in [-0.15, -0.1) is 0 Å². The number of allylic oxidation sites excluding steroid dienone is 2. The second-order valence-electron chi connectivity index (χ2n) is 6.99. The standard InChI is InChI=1S/C17H34/c1-8-10-14(3)11-12-16(9-2)15(4)13-17(5,6)7/h8,10,14-16H,9,11-13H2,1-7H3. The van der Waals surface area contributed by atoms with E-state index in [0.717, 1.165) is 17.8 Å². The highest BCUT2D eigenvalue weighted by Crippen LogP contribution is 2.33. The van der Waals surface area contributed by atoms with Gasteiger partial charge >= 0.3 is 0 Å². The van der Waals surface area contributed by atoms with Gasteiger partial charge in [-0.1, -0.05) is 60.1 Å². The summed E-state index contributed by atoms with van der Waals surface area (Å²) >= 11 is 0. The fourth-order valence-electron chi connectivity index (χ4n) is 2.93. The molecule has 0 aromatic rings. The second-order valence-corrected chi connectivity index (χ2v) is 6.99. The summed E-state index contributed by atoms with van der Waals surface area (Å²) in [7, 11) is 0. The summed E-state index contributed by atoms with van der Waals surface area (Å²) in [6.07, 6.45) is 9.94. The number of hydrogen-bond acceptors (Lipinski definition) is 0. The molecule has 0 aliphatic rings. The van der Waals surface area contributed by atoms with Crippen LogP contribution in [0.25, 0.3) is 0 Å². The van der Waals surface area contributed by atoms with Gasteiger partial charge in [0.2, 0.25) is 0 Å². The molecule has 0 N–H and O–H groups in total. The molecule has 0 saturated heterocycles. The van der Waals surface area contributed by atoms with Gasteiger partial charge in [0.15, 0.2) is 0 Å². The van der Waals surface area contributed by atoms with Gasteiger partial charge in [-0.25, -0.2) is 0 Å². The van der Waals surface area contributed by atoms with E-state index in [1.807, 2.05) is 0 Å². The fourth-order valence-corrected chi connectivity index (χ4v) is 2.93. The summed E-state index contributed by atoms with van der Waals surface area (Å²) in [4.78, 5) is 0. The lowest BCUT2D eigenvalue weighted by molar-refractivity contribution is 0.218. The Morgan fingerprint density at radius 3 is 2.06 bits per heavy atom. The SMILES string of the molecule is CC=CC(C)CCC(CC)C(C)CC(C)(C)C. The van der Waals surface area contributed by atoms with Gasteiger partial charge in [-0.2, -0.15) is 0 Å². The molecule has 0 spiro atoms. The third-order valence-electron chi connectivity index (χ3n) is 3.78. The van der Waals surface area contributed by atoms with Gasteiger partial charge in [0.05, 0.1) is 0 Å². The highest BCUT2D eigenvalue weighted by Gasteiger charge is 2.21. The van der Waals surface area contributed by atoms with Crippen LogP contribution >= 0.6 is 0 Å². The van der Waals surface area contributed by atoms with Gasteiger partial charge in [0, 0.05) is 0 Å². The van der Waals surface area contributed by atoms with Crippen LogP contribution in [0.5, 0.6) is 0 Å². The van der Waals surface area contributed by atoms with Crippen LogP contribution in [0.2, 0.25) is 0 Å². The van der Waals surface area contributed by atoms with Crippen molar-refractivity contribution in [1.82, 2.24) is 0 Å².